The maximum atomic E-state index is 14.5. The summed E-state index contributed by atoms with van der Waals surface area (Å²) in [5.74, 6) is -5.67. The van der Waals surface area contributed by atoms with E-state index in [4.69, 9.17) is 16.3 Å². The highest BCUT2D eigenvalue weighted by molar-refractivity contribution is 6.32. The van der Waals surface area contributed by atoms with Gasteiger partial charge in [-0.3, -0.25) is 24.1 Å². The lowest BCUT2D eigenvalue weighted by Gasteiger charge is -2.49. The fourth-order valence-corrected chi connectivity index (χ4v) is 8.43. The number of carbonyl (C=O) groups is 4. The molecule has 1 saturated carbocycles. The number of methoxy groups -OCH3 is 1. The van der Waals surface area contributed by atoms with Gasteiger partial charge in [-0.15, -0.1) is 0 Å². The minimum Gasteiger partial charge on any atom is -0.508 e. The molecule has 6 atom stereocenters. The zero-order valence-electron chi connectivity index (χ0n) is 25.5. The van der Waals surface area contributed by atoms with E-state index >= 15 is 0 Å². The molecule has 2 heterocycles. The fourth-order valence-electron chi connectivity index (χ4n) is 8.26. The molecule has 0 spiro atoms. The highest BCUT2D eigenvalue weighted by atomic mass is 35.5. The minimum absolute atomic E-state index is 0.122. The first-order valence-corrected chi connectivity index (χ1v) is 15.8. The molecular formula is C36H32ClFN2O6. The van der Waals surface area contributed by atoms with Gasteiger partial charge in [-0.25, -0.2) is 9.29 Å². The Balaban J connectivity index is 1.36. The van der Waals surface area contributed by atoms with Crippen LogP contribution < -0.4 is 14.5 Å². The van der Waals surface area contributed by atoms with E-state index in [9.17, 15) is 28.7 Å². The second-order valence-corrected chi connectivity index (χ2v) is 13.1. The number of hydrogen-bond acceptors (Lipinski definition) is 6. The van der Waals surface area contributed by atoms with Crippen molar-refractivity contribution < 1.29 is 33.4 Å². The monoisotopic (exact) mass is 642 g/mol. The normalized spacial score (nSPS) is 28.6. The van der Waals surface area contributed by atoms with E-state index < -0.39 is 52.6 Å². The number of ether oxygens (including phenoxy) is 1. The molecule has 8 nitrogen and oxygen atoms in total. The largest absolute Gasteiger partial charge is 0.508 e. The number of fused-ring (bicyclic) bond motifs is 4. The number of benzene rings is 3. The van der Waals surface area contributed by atoms with Crippen LogP contribution >= 0.6 is 11.6 Å². The fraction of sp³-hybridized carbons (Fsp3) is 0.333. The van der Waals surface area contributed by atoms with Crippen LogP contribution in [0.15, 0.2) is 72.3 Å². The van der Waals surface area contributed by atoms with Gasteiger partial charge >= 0.3 is 0 Å². The first-order valence-electron chi connectivity index (χ1n) is 15.4. The number of allylic oxidation sites excluding steroid dienone is 2. The second-order valence-electron chi connectivity index (χ2n) is 12.7. The Kier molecular flexibility index (Phi) is 7.08. The summed E-state index contributed by atoms with van der Waals surface area (Å²) in [6.07, 6.45) is 3.16. The van der Waals surface area contributed by atoms with Crippen molar-refractivity contribution in [3.05, 3.63) is 94.3 Å². The van der Waals surface area contributed by atoms with Crippen LogP contribution in [-0.4, -0.2) is 35.8 Å². The number of hydrogen-bond donors (Lipinski definition) is 1. The van der Waals surface area contributed by atoms with Crippen LogP contribution in [0.4, 0.5) is 15.8 Å². The zero-order chi connectivity index (χ0) is 32.7. The molecule has 2 saturated heterocycles. The molecule has 46 heavy (non-hydrogen) atoms. The number of imide groups is 2. The van der Waals surface area contributed by atoms with Gasteiger partial charge in [-0.2, -0.15) is 0 Å². The van der Waals surface area contributed by atoms with E-state index in [1.165, 1.54) is 30.2 Å². The van der Waals surface area contributed by atoms with Gasteiger partial charge in [0.2, 0.25) is 23.6 Å². The Labute approximate surface area is 270 Å². The van der Waals surface area contributed by atoms with E-state index in [0.717, 1.165) is 28.5 Å². The van der Waals surface area contributed by atoms with Gasteiger partial charge < -0.3 is 9.84 Å². The molecule has 236 valence electrons. The van der Waals surface area contributed by atoms with Gasteiger partial charge in [0, 0.05) is 17.5 Å². The number of phenols is 1. The molecule has 4 amide bonds. The molecule has 2 aliphatic heterocycles. The van der Waals surface area contributed by atoms with Gasteiger partial charge in [0.05, 0.1) is 46.7 Å². The summed E-state index contributed by atoms with van der Waals surface area (Å²) in [4.78, 5) is 59.1. The lowest BCUT2D eigenvalue weighted by molar-refractivity contribution is -0.131. The quantitative estimate of drug-likeness (QED) is 0.263. The van der Waals surface area contributed by atoms with Crippen molar-refractivity contribution in [3.8, 4) is 11.5 Å². The molecule has 3 aromatic carbocycles. The molecule has 0 radical (unpaired) electrons. The molecule has 0 aromatic heterocycles. The predicted molar refractivity (Wildman–Crippen MR) is 169 cm³/mol. The molecule has 2 aliphatic carbocycles. The molecule has 4 aliphatic rings. The Bertz CT molecular complexity index is 1860. The van der Waals surface area contributed by atoms with Gasteiger partial charge in [0.1, 0.15) is 17.3 Å². The minimum atomic E-state index is -1.37. The van der Waals surface area contributed by atoms with Crippen molar-refractivity contribution in [1.82, 2.24) is 0 Å². The Morgan fingerprint density at radius 1 is 0.935 bits per heavy atom. The maximum absolute atomic E-state index is 14.5. The average Bonchev–Trinajstić information content (AvgIpc) is 3.42. The van der Waals surface area contributed by atoms with E-state index in [2.05, 4.69) is 0 Å². The molecular weight excluding hydrogens is 611 g/mol. The van der Waals surface area contributed by atoms with Crippen molar-refractivity contribution in [2.75, 3.05) is 16.9 Å². The smallest absolute Gasteiger partial charge is 0.241 e. The lowest BCUT2D eigenvalue weighted by atomic mass is 9.51. The molecule has 10 heteroatoms. The number of phenolic OH excluding ortho intramolecular Hbond substituents is 1. The van der Waals surface area contributed by atoms with Crippen molar-refractivity contribution in [2.24, 2.45) is 29.1 Å². The van der Waals surface area contributed by atoms with Gasteiger partial charge in [-0.05, 0) is 74.1 Å². The summed E-state index contributed by atoms with van der Waals surface area (Å²) in [5, 5.41) is 11.1. The van der Waals surface area contributed by atoms with Gasteiger partial charge in [-0.1, -0.05) is 48.4 Å². The number of amides is 4. The van der Waals surface area contributed by atoms with Crippen molar-refractivity contribution in [1.29, 1.82) is 0 Å². The van der Waals surface area contributed by atoms with Gasteiger partial charge in [0.25, 0.3) is 0 Å². The van der Waals surface area contributed by atoms with Crippen LogP contribution in [0.5, 0.6) is 11.5 Å². The Morgan fingerprint density at radius 2 is 1.65 bits per heavy atom. The molecule has 0 bridgehead atoms. The Hall–Kier alpha value is -4.50. The highest BCUT2D eigenvalue weighted by Crippen LogP contribution is 2.64. The standard InChI is InChI=1S/C36H32ClFN2O6/c1-4-18-5-7-19(8-6-18)39-32(42)24-13-12-22-25(30(24)34(39)44)17-26-33(43)40(20-9-14-28(38)27(37)15-20)35(45)36(26,2)31(22)23-11-10-21(46-3)16-29(23)41/h5-12,14-16,24-26,30-31,41H,4,13,17H2,1-3H3/t24-,25+,26-,30-,31+,36+/m0/s1. The Morgan fingerprint density at radius 3 is 2.30 bits per heavy atom. The number of aromatic hydroxyl groups is 1. The van der Waals surface area contributed by atoms with Crippen molar-refractivity contribution >= 4 is 46.6 Å². The van der Waals surface area contributed by atoms with E-state index in [1.54, 1.807) is 31.2 Å². The summed E-state index contributed by atoms with van der Waals surface area (Å²) in [6, 6.07) is 15.8. The SMILES string of the molecule is CCc1ccc(N2C(=O)[C@H]3[C@H](CC=C4[C@H]3C[C@H]3C(=O)N(c5ccc(F)c(Cl)c5)C(=O)[C@@]3(C)[C@H]4c3ccc(OC)cc3O)C2=O)cc1. The van der Waals surface area contributed by atoms with Crippen LogP contribution in [0.25, 0.3) is 0 Å². The molecule has 7 rings (SSSR count). The molecule has 0 unspecified atom stereocenters. The van der Waals surface area contributed by atoms with Crippen LogP contribution in [-0.2, 0) is 25.6 Å². The zero-order valence-corrected chi connectivity index (χ0v) is 26.3. The third kappa shape index (κ3) is 4.17. The number of carbonyl (C=O) groups excluding carboxylic acids is 4. The van der Waals surface area contributed by atoms with Crippen molar-refractivity contribution in [2.45, 2.75) is 39.0 Å². The molecule has 3 fully saturated rings. The van der Waals surface area contributed by atoms with E-state index in [0.29, 0.717) is 17.0 Å². The molecule has 1 N–H and O–H groups in total. The summed E-state index contributed by atoms with van der Waals surface area (Å²) in [6.45, 7) is 3.74. The number of anilines is 2. The van der Waals surface area contributed by atoms with Crippen LogP contribution in [0.1, 0.15) is 43.7 Å². The van der Waals surface area contributed by atoms with Crippen LogP contribution in [0.2, 0.25) is 5.02 Å². The maximum Gasteiger partial charge on any atom is 0.241 e. The first-order chi connectivity index (χ1) is 22.0. The van der Waals surface area contributed by atoms with Gasteiger partial charge in [0.15, 0.2) is 0 Å². The molecule has 3 aromatic rings. The highest BCUT2D eigenvalue weighted by Gasteiger charge is 2.68. The number of nitrogens with zero attached hydrogens (tertiary/aromatic N) is 2. The topological polar surface area (TPSA) is 104 Å². The summed E-state index contributed by atoms with van der Waals surface area (Å²) < 4.78 is 19.4. The summed E-state index contributed by atoms with van der Waals surface area (Å²) in [7, 11) is 1.47. The summed E-state index contributed by atoms with van der Waals surface area (Å²) >= 11 is 6.07. The average molecular weight is 643 g/mol. The third-order valence-corrected chi connectivity index (χ3v) is 10.9. The van der Waals surface area contributed by atoms with E-state index in [1.807, 2.05) is 25.1 Å². The number of rotatable bonds is 5. The first kappa shape index (κ1) is 30.2. The number of halogens is 2. The van der Waals surface area contributed by atoms with Crippen LogP contribution in [0, 0.1) is 34.9 Å². The lowest BCUT2D eigenvalue weighted by Crippen LogP contribution is -2.48. The summed E-state index contributed by atoms with van der Waals surface area (Å²) in [5.41, 5.74) is 1.49. The predicted octanol–water partition coefficient (Wildman–Crippen LogP) is 6.19. The third-order valence-electron chi connectivity index (χ3n) is 10.6. The number of aryl methyl sites for hydroxylation is 1. The second kappa shape index (κ2) is 10.8. The van der Waals surface area contributed by atoms with Crippen LogP contribution in [0.3, 0.4) is 0 Å². The van der Waals surface area contributed by atoms with E-state index in [-0.39, 0.29) is 41.1 Å². The van der Waals surface area contributed by atoms with Crippen molar-refractivity contribution in [3.63, 3.8) is 0 Å².